The van der Waals surface area contributed by atoms with Crippen LogP contribution in [0.3, 0.4) is 0 Å². The van der Waals surface area contributed by atoms with Crippen molar-refractivity contribution >= 4 is 39.4 Å². The number of methoxy groups -OCH3 is 2. The lowest BCUT2D eigenvalue weighted by atomic mass is 10.1. The molecule has 0 radical (unpaired) electrons. The largest absolute Gasteiger partial charge is 0.493 e. The molecular weight excluding hydrogens is 424 g/mol. The van der Waals surface area contributed by atoms with Gasteiger partial charge in [0.2, 0.25) is 0 Å². The van der Waals surface area contributed by atoms with Crippen molar-refractivity contribution in [3.05, 3.63) is 77.0 Å². The van der Waals surface area contributed by atoms with Crippen LogP contribution in [0.4, 0.5) is 5.69 Å². The summed E-state index contributed by atoms with van der Waals surface area (Å²) in [5.74, 6) is -0.103. The summed E-state index contributed by atoms with van der Waals surface area (Å²) < 4.78 is 17.3. The summed E-state index contributed by atoms with van der Waals surface area (Å²) in [7, 11) is 3.01. The fourth-order valence-corrected chi connectivity index (χ4v) is 3.68. The third kappa shape index (κ3) is 4.50. The maximum atomic E-state index is 12.8. The Morgan fingerprint density at radius 2 is 1.45 bits per heavy atom. The maximum Gasteiger partial charge on any atom is 0.326 e. The highest BCUT2D eigenvalue weighted by Crippen LogP contribution is 2.29. The number of para-hydroxylation sites is 2. The van der Waals surface area contributed by atoms with Crippen molar-refractivity contribution in [1.29, 1.82) is 0 Å². The standard InChI is InChI=1S/C25H22N2O6/c1-31-21-12-11-16(13-22(21)32-2)26-23(28)15-33-24(29)14-27-19-9-5-3-7-17(19)25(30)18-8-4-6-10-20(18)27/h3-13H,14-15H2,1-2H3,(H,26,28). The molecule has 1 amide bonds. The van der Waals surface area contributed by atoms with Crippen molar-refractivity contribution in [2.45, 2.75) is 6.54 Å². The highest BCUT2D eigenvalue weighted by Gasteiger charge is 2.15. The molecule has 33 heavy (non-hydrogen) atoms. The SMILES string of the molecule is COc1ccc(NC(=O)COC(=O)Cn2c3ccccc3c(=O)c3ccccc32)cc1OC. The summed E-state index contributed by atoms with van der Waals surface area (Å²) in [5, 5.41) is 3.67. The Kier molecular flexibility index (Phi) is 6.26. The number of fused-ring (bicyclic) bond motifs is 2. The molecule has 8 nitrogen and oxygen atoms in total. The zero-order chi connectivity index (χ0) is 23.4. The minimum absolute atomic E-state index is 0.0971. The van der Waals surface area contributed by atoms with Crippen LogP contribution in [0, 0.1) is 0 Å². The van der Waals surface area contributed by atoms with E-state index in [4.69, 9.17) is 14.2 Å². The van der Waals surface area contributed by atoms with Gasteiger partial charge in [0.1, 0.15) is 6.54 Å². The lowest BCUT2D eigenvalue weighted by Gasteiger charge is -2.15. The third-order valence-corrected chi connectivity index (χ3v) is 5.20. The number of aromatic nitrogens is 1. The second-order valence-corrected chi connectivity index (χ2v) is 7.23. The van der Waals surface area contributed by atoms with E-state index >= 15 is 0 Å². The van der Waals surface area contributed by atoms with Crippen molar-refractivity contribution in [2.24, 2.45) is 0 Å². The van der Waals surface area contributed by atoms with Crippen LogP contribution < -0.4 is 20.2 Å². The zero-order valence-corrected chi connectivity index (χ0v) is 18.2. The molecule has 0 aliphatic rings. The number of anilines is 1. The first-order valence-corrected chi connectivity index (χ1v) is 10.2. The van der Waals surface area contributed by atoms with E-state index in [0.29, 0.717) is 39.0 Å². The minimum Gasteiger partial charge on any atom is -0.493 e. The molecule has 1 N–H and O–H groups in total. The van der Waals surface area contributed by atoms with E-state index in [1.807, 2.05) is 0 Å². The van der Waals surface area contributed by atoms with Crippen molar-refractivity contribution in [3.63, 3.8) is 0 Å². The molecule has 0 aliphatic carbocycles. The molecule has 0 aliphatic heterocycles. The van der Waals surface area contributed by atoms with Gasteiger partial charge in [0.25, 0.3) is 5.91 Å². The third-order valence-electron chi connectivity index (χ3n) is 5.20. The van der Waals surface area contributed by atoms with Crippen LogP contribution in [0.25, 0.3) is 21.8 Å². The van der Waals surface area contributed by atoms with Crippen LogP contribution in [-0.4, -0.2) is 37.3 Å². The van der Waals surface area contributed by atoms with Crippen LogP contribution in [0.15, 0.2) is 71.5 Å². The molecule has 0 bridgehead atoms. The quantitative estimate of drug-likeness (QED) is 0.346. The van der Waals surface area contributed by atoms with E-state index in [0.717, 1.165) is 0 Å². The van der Waals surface area contributed by atoms with Gasteiger partial charge in [0, 0.05) is 22.5 Å². The molecule has 1 heterocycles. The minimum atomic E-state index is -0.601. The molecule has 168 valence electrons. The van der Waals surface area contributed by atoms with Crippen LogP contribution in [0.2, 0.25) is 0 Å². The number of benzene rings is 3. The van der Waals surface area contributed by atoms with E-state index in [2.05, 4.69) is 5.32 Å². The average molecular weight is 446 g/mol. The van der Waals surface area contributed by atoms with Gasteiger partial charge in [0.15, 0.2) is 23.5 Å². The Bertz CT molecular complexity index is 1350. The lowest BCUT2D eigenvalue weighted by Crippen LogP contribution is -2.24. The molecule has 0 spiro atoms. The van der Waals surface area contributed by atoms with Crippen LogP contribution in [0.1, 0.15) is 0 Å². The number of ether oxygens (including phenoxy) is 3. The second kappa shape index (κ2) is 9.44. The summed E-state index contributed by atoms with van der Waals surface area (Å²) in [5.41, 5.74) is 1.62. The van der Waals surface area contributed by atoms with Gasteiger partial charge in [0.05, 0.1) is 25.3 Å². The first-order valence-electron chi connectivity index (χ1n) is 10.2. The molecule has 0 atom stereocenters. The Labute approximate surface area is 189 Å². The molecule has 0 saturated heterocycles. The molecule has 0 fully saturated rings. The van der Waals surface area contributed by atoms with Gasteiger partial charge in [-0.3, -0.25) is 14.4 Å². The number of carbonyl (C=O) groups excluding carboxylic acids is 2. The number of rotatable bonds is 7. The monoisotopic (exact) mass is 446 g/mol. The molecule has 0 saturated carbocycles. The summed E-state index contributed by atoms with van der Waals surface area (Å²) in [6, 6.07) is 19.1. The van der Waals surface area contributed by atoms with E-state index in [1.165, 1.54) is 14.2 Å². The smallest absolute Gasteiger partial charge is 0.326 e. The lowest BCUT2D eigenvalue weighted by molar-refractivity contribution is -0.147. The number of hydrogen-bond acceptors (Lipinski definition) is 6. The van der Waals surface area contributed by atoms with Crippen molar-refractivity contribution < 1.29 is 23.8 Å². The molecule has 8 heteroatoms. The topological polar surface area (TPSA) is 95.9 Å². The Hall–Kier alpha value is -4.33. The summed E-state index contributed by atoms with van der Waals surface area (Å²) in [4.78, 5) is 37.7. The van der Waals surface area contributed by atoms with Crippen LogP contribution in [-0.2, 0) is 20.9 Å². The number of pyridine rings is 1. The van der Waals surface area contributed by atoms with Gasteiger partial charge in [-0.1, -0.05) is 24.3 Å². The normalized spacial score (nSPS) is 10.7. The van der Waals surface area contributed by atoms with Gasteiger partial charge in [-0.05, 0) is 36.4 Å². The van der Waals surface area contributed by atoms with Crippen molar-refractivity contribution in [3.8, 4) is 11.5 Å². The highest BCUT2D eigenvalue weighted by molar-refractivity contribution is 5.95. The van der Waals surface area contributed by atoms with Gasteiger partial charge >= 0.3 is 5.97 Å². The highest BCUT2D eigenvalue weighted by atomic mass is 16.5. The fourth-order valence-electron chi connectivity index (χ4n) is 3.68. The van der Waals surface area contributed by atoms with E-state index in [9.17, 15) is 14.4 Å². The Morgan fingerprint density at radius 3 is 2.06 bits per heavy atom. The Morgan fingerprint density at radius 1 is 0.848 bits per heavy atom. The van der Waals surface area contributed by atoms with Crippen LogP contribution >= 0.6 is 0 Å². The van der Waals surface area contributed by atoms with Gasteiger partial charge in [-0.25, -0.2) is 0 Å². The second-order valence-electron chi connectivity index (χ2n) is 7.23. The molecular formula is C25H22N2O6. The number of nitrogens with one attached hydrogen (secondary N) is 1. The fraction of sp³-hybridized carbons (Fsp3) is 0.160. The van der Waals surface area contributed by atoms with Gasteiger partial charge in [-0.2, -0.15) is 0 Å². The molecule has 1 aromatic heterocycles. The predicted molar refractivity (Wildman–Crippen MR) is 125 cm³/mol. The van der Waals surface area contributed by atoms with E-state index in [-0.39, 0.29) is 12.0 Å². The summed E-state index contributed by atoms with van der Waals surface area (Å²) in [6.45, 7) is -0.603. The number of esters is 1. The maximum absolute atomic E-state index is 12.8. The zero-order valence-electron chi connectivity index (χ0n) is 18.2. The predicted octanol–water partition coefficient (Wildman–Crippen LogP) is 3.35. The molecule has 0 unspecified atom stereocenters. The van der Waals surface area contributed by atoms with Gasteiger partial charge in [-0.15, -0.1) is 0 Å². The summed E-state index contributed by atoms with van der Waals surface area (Å²) in [6.07, 6.45) is 0. The number of nitrogens with zero attached hydrogens (tertiary/aromatic N) is 1. The number of carbonyl (C=O) groups is 2. The first-order chi connectivity index (χ1) is 16.0. The van der Waals surface area contributed by atoms with Gasteiger partial charge < -0.3 is 24.1 Å². The first kappa shape index (κ1) is 21.9. The number of hydrogen-bond donors (Lipinski definition) is 1. The van der Waals surface area contributed by atoms with Crippen molar-refractivity contribution in [2.75, 3.05) is 26.1 Å². The average Bonchev–Trinajstić information content (AvgIpc) is 2.85. The van der Waals surface area contributed by atoms with Crippen LogP contribution in [0.5, 0.6) is 11.5 Å². The van der Waals surface area contributed by atoms with E-state index < -0.39 is 18.5 Å². The molecule has 4 aromatic rings. The summed E-state index contributed by atoms with van der Waals surface area (Å²) >= 11 is 0. The molecule has 3 aromatic carbocycles. The molecule has 4 rings (SSSR count). The Balaban J connectivity index is 1.49. The number of amides is 1. The van der Waals surface area contributed by atoms with Crippen molar-refractivity contribution in [1.82, 2.24) is 4.57 Å². The van der Waals surface area contributed by atoms with E-state index in [1.54, 1.807) is 71.3 Å².